The zero-order valence-electron chi connectivity index (χ0n) is 13.1. The third-order valence-electron chi connectivity index (χ3n) is 4.46. The summed E-state index contributed by atoms with van der Waals surface area (Å²) in [6.45, 7) is 6.23. The van der Waals surface area contributed by atoms with Gasteiger partial charge in [-0.05, 0) is 25.7 Å². The summed E-state index contributed by atoms with van der Waals surface area (Å²) in [6.07, 6.45) is 2.79. The Morgan fingerprint density at radius 1 is 1.24 bits per heavy atom. The van der Waals surface area contributed by atoms with E-state index in [1.165, 1.54) is 0 Å². The number of nitrogens with two attached hydrogens (primary N) is 1. The molecule has 120 valence electrons. The van der Waals surface area contributed by atoms with E-state index in [0.717, 1.165) is 12.8 Å². The molecule has 0 aromatic heterocycles. The van der Waals surface area contributed by atoms with Gasteiger partial charge in [0.05, 0.1) is 5.54 Å². The van der Waals surface area contributed by atoms with Crippen molar-refractivity contribution in [3.05, 3.63) is 0 Å². The van der Waals surface area contributed by atoms with Crippen LogP contribution in [0.4, 0.5) is 0 Å². The Hall–Kier alpha value is -1.14. The number of carbonyl (C=O) groups excluding carboxylic acids is 2. The van der Waals surface area contributed by atoms with Crippen LogP contribution in [0.25, 0.3) is 0 Å². The molecular formula is C15H27N3O3. The fraction of sp³-hybridized carbons (Fsp3) is 0.867. The average molecular weight is 297 g/mol. The first kappa shape index (κ1) is 16.2. The minimum Gasteiger partial charge on any atom is -0.381 e. The van der Waals surface area contributed by atoms with Crippen LogP contribution < -0.4 is 11.1 Å². The average Bonchev–Trinajstić information content (AvgIpc) is 2.48. The van der Waals surface area contributed by atoms with Gasteiger partial charge >= 0.3 is 0 Å². The summed E-state index contributed by atoms with van der Waals surface area (Å²) < 4.78 is 5.29. The van der Waals surface area contributed by atoms with Crippen LogP contribution in [-0.4, -0.2) is 54.6 Å². The van der Waals surface area contributed by atoms with Crippen molar-refractivity contribution in [2.75, 3.05) is 26.3 Å². The molecule has 6 heteroatoms. The smallest absolute Gasteiger partial charge is 0.242 e. The SMILES string of the molecule is CC(C)C(=O)NC1CCN(C(=O)C2(N)CCOCC2)CC1. The van der Waals surface area contributed by atoms with Crippen LogP contribution in [0.1, 0.15) is 39.5 Å². The van der Waals surface area contributed by atoms with Crippen molar-refractivity contribution in [1.82, 2.24) is 10.2 Å². The molecule has 0 unspecified atom stereocenters. The summed E-state index contributed by atoms with van der Waals surface area (Å²) in [7, 11) is 0. The van der Waals surface area contributed by atoms with E-state index in [1.54, 1.807) is 0 Å². The van der Waals surface area contributed by atoms with Crippen molar-refractivity contribution in [2.24, 2.45) is 11.7 Å². The number of hydrogen-bond acceptors (Lipinski definition) is 4. The van der Waals surface area contributed by atoms with E-state index in [9.17, 15) is 9.59 Å². The van der Waals surface area contributed by atoms with E-state index in [4.69, 9.17) is 10.5 Å². The quantitative estimate of drug-likeness (QED) is 0.782. The van der Waals surface area contributed by atoms with Gasteiger partial charge in [0.15, 0.2) is 0 Å². The number of carbonyl (C=O) groups is 2. The Balaban J connectivity index is 1.83. The molecule has 2 aliphatic heterocycles. The number of ether oxygens (including phenoxy) is 1. The molecule has 0 atom stereocenters. The van der Waals surface area contributed by atoms with Gasteiger partial charge in [-0.3, -0.25) is 9.59 Å². The molecule has 0 spiro atoms. The fourth-order valence-electron chi connectivity index (χ4n) is 2.86. The van der Waals surface area contributed by atoms with Crippen LogP contribution in [0, 0.1) is 5.92 Å². The first-order valence-corrected chi connectivity index (χ1v) is 7.89. The van der Waals surface area contributed by atoms with Crippen LogP contribution >= 0.6 is 0 Å². The Kier molecular flexibility index (Phi) is 5.22. The normalized spacial score (nSPS) is 23.1. The molecule has 2 aliphatic rings. The molecule has 0 aromatic carbocycles. The minimum absolute atomic E-state index is 0.000730. The molecule has 2 rings (SSSR count). The Morgan fingerprint density at radius 3 is 2.33 bits per heavy atom. The van der Waals surface area contributed by atoms with Gasteiger partial charge in [-0.2, -0.15) is 0 Å². The number of rotatable bonds is 3. The number of piperidine rings is 1. The predicted octanol–water partition coefficient (Wildman–Crippen LogP) is 0.258. The molecule has 2 heterocycles. The minimum atomic E-state index is -0.758. The van der Waals surface area contributed by atoms with Crippen molar-refractivity contribution >= 4 is 11.8 Å². The third-order valence-corrected chi connectivity index (χ3v) is 4.46. The fourth-order valence-corrected chi connectivity index (χ4v) is 2.86. The first-order valence-electron chi connectivity index (χ1n) is 7.89. The number of nitrogens with zero attached hydrogens (tertiary/aromatic N) is 1. The highest BCUT2D eigenvalue weighted by molar-refractivity contribution is 5.86. The third kappa shape index (κ3) is 3.95. The van der Waals surface area contributed by atoms with Crippen LogP contribution in [0.3, 0.4) is 0 Å². The maximum atomic E-state index is 12.6. The van der Waals surface area contributed by atoms with Gasteiger partial charge in [-0.15, -0.1) is 0 Å². The first-order chi connectivity index (χ1) is 9.92. The zero-order valence-corrected chi connectivity index (χ0v) is 13.1. The Morgan fingerprint density at radius 2 is 1.81 bits per heavy atom. The molecule has 0 radical (unpaired) electrons. The topological polar surface area (TPSA) is 84.7 Å². The van der Waals surface area contributed by atoms with Crippen molar-refractivity contribution in [2.45, 2.75) is 51.1 Å². The molecule has 0 saturated carbocycles. The number of nitrogens with one attached hydrogen (secondary N) is 1. The summed E-state index contributed by atoms with van der Waals surface area (Å²) in [4.78, 5) is 26.1. The molecular weight excluding hydrogens is 270 g/mol. The Bertz CT molecular complexity index is 384. The highest BCUT2D eigenvalue weighted by Crippen LogP contribution is 2.22. The van der Waals surface area contributed by atoms with E-state index in [0.29, 0.717) is 39.1 Å². The molecule has 6 nitrogen and oxygen atoms in total. The summed E-state index contributed by atoms with van der Waals surface area (Å²) in [5.74, 6) is 0.123. The van der Waals surface area contributed by atoms with Gasteiger partial charge < -0.3 is 20.7 Å². The van der Waals surface area contributed by atoms with Crippen molar-refractivity contribution in [1.29, 1.82) is 0 Å². The second-order valence-electron chi connectivity index (χ2n) is 6.50. The number of amides is 2. The molecule has 21 heavy (non-hydrogen) atoms. The maximum Gasteiger partial charge on any atom is 0.242 e. The predicted molar refractivity (Wildman–Crippen MR) is 79.6 cm³/mol. The highest BCUT2D eigenvalue weighted by atomic mass is 16.5. The lowest BCUT2D eigenvalue weighted by molar-refractivity contribution is -0.141. The molecule has 0 aliphatic carbocycles. The maximum absolute atomic E-state index is 12.6. The second-order valence-corrected chi connectivity index (χ2v) is 6.50. The zero-order chi connectivity index (χ0) is 15.5. The lowest BCUT2D eigenvalue weighted by Crippen LogP contribution is -2.60. The number of likely N-dealkylation sites (tertiary alicyclic amines) is 1. The van der Waals surface area contributed by atoms with Gasteiger partial charge in [0.2, 0.25) is 11.8 Å². The summed E-state index contributed by atoms with van der Waals surface area (Å²) in [5, 5.41) is 3.04. The van der Waals surface area contributed by atoms with Crippen molar-refractivity contribution in [3.8, 4) is 0 Å². The number of hydrogen-bond donors (Lipinski definition) is 2. The molecule has 2 saturated heterocycles. The van der Waals surface area contributed by atoms with Crippen molar-refractivity contribution in [3.63, 3.8) is 0 Å². The Labute approximate surface area is 126 Å². The summed E-state index contributed by atoms with van der Waals surface area (Å²) >= 11 is 0. The van der Waals surface area contributed by atoms with Crippen LogP contribution in [0.15, 0.2) is 0 Å². The van der Waals surface area contributed by atoms with Crippen LogP contribution in [0.5, 0.6) is 0 Å². The van der Waals surface area contributed by atoms with Crippen LogP contribution in [-0.2, 0) is 14.3 Å². The van der Waals surface area contributed by atoms with Gasteiger partial charge in [-0.1, -0.05) is 13.8 Å². The lowest BCUT2D eigenvalue weighted by Gasteiger charge is -2.40. The van der Waals surface area contributed by atoms with Gasteiger partial charge in [0.25, 0.3) is 0 Å². The second kappa shape index (κ2) is 6.75. The molecule has 2 fully saturated rings. The highest BCUT2D eigenvalue weighted by Gasteiger charge is 2.39. The molecule has 3 N–H and O–H groups in total. The largest absolute Gasteiger partial charge is 0.381 e. The van der Waals surface area contributed by atoms with Crippen LogP contribution in [0.2, 0.25) is 0 Å². The standard InChI is InChI=1S/C15H27N3O3/c1-11(2)13(19)17-12-3-7-18(8-4-12)14(20)15(16)5-9-21-10-6-15/h11-12H,3-10,16H2,1-2H3,(H,17,19). The van der Waals surface area contributed by atoms with E-state index in [-0.39, 0.29) is 23.8 Å². The van der Waals surface area contributed by atoms with E-state index in [2.05, 4.69) is 5.32 Å². The summed E-state index contributed by atoms with van der Waals surface area (Å²) in [6, 6.07) is 0.173. The molecule has 2 amide bonds. The van der Waals surface area contributed by atoms with Gasteiger partial charge in [-0.25, -0.2) is 0 Å². The van der Waals surface area contributed by atoms with Crippen molar-refractivity contribution < 1.29 is 14.3 Å². The van der Waals surface area contributed by atoms with Gasteiger partial charge in [0, 0.05) is 38.3 Å². The monoisotopic (exact) mass is 297 g/mol. The van der Waals surface area contributed by atoms with Gasteiger partial charge in [0.1, 0.15) is 0 Å². The summed E-state index contributed by atoms with van der Waals surface area (Å²) in [5.41, 5.74) is 5.49. The van der Waals surface area contributed by atoms with E-state index < -0.39 is 5.54 Å². The van der Waals surface area contributed by atoms with E-state index in [1.807, 2.05) is 18.7 Å². The molecule has 0 aromatic rings. The lowest BCUT2D eigenvalue weighted by atomic mass is 9.88. The van der Waals surface area contributed by atoms with E-state index >= 15 is 0 Å². The molecule has 0 bridgehead atoms.